The van der Waals surface area contributed by atoms with E-state index in [1.54, 1.807) is 11.3 Å². The fraction of sp³-hybridized carbons (Fsp3) is 0.235. The first-order valence-electron chi connectivity index (χ1n) is 7.15. The highest BCUT2D eigenvalue weighted by atomic mass is 32.1. The first-order chi connectivity index (χ1) is 10.3. The average Bonchev–Trinajstić information content (AvgIpc) is 2.89. The van der Waals surface area contributed by atoms with E-state index in [0.29, 0.717) is 0 Å². The third kappa shape index (κ3) is 2.36. The first-order valence-corrected chi connectivity index (χ1v) is 7.97. The van der Waals surface area contributed by atoms with Crippen LogP contribution in [-0.2, 0) is 0 Å². The van der Waals surface area contributed by atoms with E-state index in [1.165, 1.54) is 15.8 Å². The van der Waals surface area contributed by atoms with E-state index in [0.717, 1.165) is 29.4 Å². The summed E-state index contributed by atoms with van der Waals surface area (Å²) < 4.78 is 6.93. The molecule has 3 nitrogen and oxygen atoms in total. The number of fused-ring (bicyclic) bond motifs is 2. The zero-order valence-corrected chi connectivity index (χ0v) is 12.6. The molecule has 2 heterocycles. The summed E-state index contributed by atoms with van der Waals surface area (Å²) in [5.74, 6) is 0.984. The van der Waals surface area contributed by atoms with Crippen LogP contribution < -0.4 is 10.1 Å². The Labute approximate surface area is 127 Å². The van der Waals surface area contributed by atoms with Crippen LogP contribution in [0.5, 0.6) is 5.75 Å². The number of thiazole rings is 1. The molecule has 0 spiro atoms. The summed E-state index contributed by atoms with van der Waals surface area (Å²) in [6.07, 6.45) is 0.964. The molecular weight excluding hydrogens is 280 g/mol. The highest BCUT2D eigenvalue weighted by Gasteiger charge is 2.21. The lowest BCUT2D eigenvalue weighted by Gasteiger charge is -2.26. The molecule has 4 heteroatoms. The zero-order valence-electron chi connectivity index (χ0n) is 11.8. The summed E-state index contributed by atoms with van der Waals surface area (Å²) >= 11 is 1.71. The Morgan fingerprint density at radius 3 is 3.10 bits per heavy atom. The molecule has 106 valence electrons. The van der Waals surface area contributed by atoms with Crippen LogP contribution in [0.25, 0.3) is 10.2 Å². The minimum Gasteiger partial charge on any atom is -0.493 e. The van der Waals surface area contributed by atoms with Crippen molar-refractivity contribution in [1.29, 1.82) is 0 Å². The van der Waals surface area contributed by atoms with Gasteiger partial charge in [-0.25, -0.2) is 4.98 Å². The normalized spacial score (nSPS) is 17.3. The van der Waals surface area contributed by atoms with Crippen LogP contribution >= 0.6 is 11.3 Å². The lowest BCUT2D eigenvalue weighted by Crippen LogP contribution is -2.20. The van der Waals surface area contributed by atoms with E-state index in [-0.39, 0.29) is 6.04 Å². The van der Waals surface area contributed by atoms with E-state index in [4.69, 9.17) is 9.72 Å². The molecule has 0 amide bonds. The zero-order chi connectivity index (χ0) is 14.2. The van der Waals surface area contributed by atoms with Gasteiger partial charge in [-0.1, -0.05) is 35.6 Å². The van der Waals surface area contributed by atoms with Crippen LogP contribution in [0.2, 0.25) is 0 Å². The van der Waals surface area contributed by atoms with Crippen LogP contribution in [0.1, 0.15) is 23.6 Å². The van der Waals surface area contributed by atoms with Crippen LogP contribution in [0.4, 0.5) is 5.13 Å². The van der Waals surface area contributed by atoms with Gasteiger partial charge in [0.1, 0.15) is 5.75 Å². The van der Waals surface area contributed by atoms with E-state index >= 15 is 0 Å². The Kier molecular flexibility index (Phi) is 3.04. The molecule has 1 aliphatic rings. The number of anilines is 1. The first kappa shape index (κ1) is 12.7. The number of nitrogens with one attached hydrogen (secondary N) is 1. The third-order valence-corrected chi connectivity index (χ3v) is 4.77. The molecule has 0 fully saturated rings. The second kappa shape index (κ2) is 5.04. The average molecular weight is 296 g/mol. The lowest BCUT2D eigenvalue weighted by atomic mass is 10.0. The number of rotatable bonds is 2. The van der Waals surface area contributed by atoms with Gasteiger partial charge in [-0.2, -0.15) is 0 Å². The number of para-hydroxylation sites is 1. The monoisotopic (exact) mass is 296 g/mol. The van der Waals surface area contributed by atoms with E-state index in [9.17, 15) is 0 Å². The highest BCUT2D eigenvalue weighted by molar-refractivity contribution is 7.22. The summed E-state index contributed by atoms with van der Waals surface area (Å²) in [5.41, 5.74) is 3.54. The fourth-order valence-corrected chi connectivity index (χ4v) is 3.64. The van der Waals surface area contributed by atoms with E-state index < -0.39 is 0 Å². The van der Waals surface area contributed by atoms with Gasteiger partial charge < -0.3 is 10.1 Å². The molecule has 0 aliphatic carbocycles. The molecule has 0 radical (unpaired) electrons. The summed E-state index contributed by atoms with van der Waals surface area (Å²) in [6, 6.07) is 14.9. The summed E-state index contributed by atoms with van der Waals surface area (Å²) in [4.78, 5) is 4.71. The van der Waals surface area contributed by atoms with Gasteiger partial charge in [0.05, 0.1) is 22.9 Å². The van der Waals surface area contributed by atoms with Crippen molar-refractivity contribution in [3.63, 3.8) is 0 Å². The van der Waals surface area contributed by atoms with Gasteiger partial charge in [0.25, 0.3) is 0 Å². The quantitative estimate of drug-likeness (QED) is 0.754. The molecule has 1 aliphatic heterocycles. The number of nitrogens with zero attached hydrogens (tertiary/aromatic N) is 1. The van der Waals surface area contributed by atoms with Gasteiger partial charge >= 0.3 is 0 Å². The number of aromatic nitrogens is 1. The Morgan fingerprint density at radius 1 is 1.24 bits per heavy atom. The summed E-state index contributed by atoms with van der Waals surface area (Å²) in [5, 5.41) is 4.56. The molecule has 4 rings (SSSR count). The number of aryl methyl sites for hydroxylation is 1. The molecule has 21 heavy (non-hydrogen) atoms. The molecule has 1 unspecified atom stereocenters. The second-order valence-corrected chi connectivity index (χ2v) is 6.39. The Balaban J connectivity index is 1.66. The predicted molar refractivity (Wildman–Crippen MR) is 87.3 cm³/mol. The second-order valence-electron chi connectivity index (χ2n) is 5.36. The number of hydrogen-bond donors (Lipinski definition) is 1. The molecule has 1 atom stereocenters. The van der Waals surface area contributed by atoms with Crippen molar-refractivity contribution in [2.75, 3.05) is 11.9 Å². The van der Waals surface area contributed by atoms with Crippen LogP contribution in [0.3, 0.4) is 0 Å². The maximum atomic E-state index is 5.71. The maximum Gasteiger partial charge on any atom is 0.184 e. The fourth-order valence-electron chi connectivity index (χ4n) is 2.74. The van der Waals surface area contributed by atoms with Gasteiger partial charge in [0.2, 0.25) is 0 Å². The molecule has 0 bridgehead atoms. The maximum absolute atomic E-state index is 5.71. The largest absolute Gasteiger partial charge is 0.493 e. The Bertz CT molecular complexity index is 796. The molecule has 1 N–H and O–H groups in total. The predicted octanol–water partition coefficient (Wildman–Crippen LogP) is 4.54. The third-order valence-electron chi connectivity index (χ3n) is 3.80. The van der Waals surface area contributed by atoms with E-state index in [1.807, 2.05) is 12.1 Å². The molecule has 3 aromatic rings. The van der Waals surface area contributed by atoms with Crippen molar-refractivity contribution in [1.82, 2.24) is 4.98 Å². The number of hydrogen-bond acceptors (Lipinski definition) is 4. The van der Waals surface area contributed by atoms with Gasteiger partial charge in [-0.15, -0.1) is 0 Å². The standard InChI is InChI=1S/C17H16N2OS/c1-11-6-7-16-14(10-11)19-17(21-16)18-13-8-9-20-15-5-3-2-4-12(13)15/h2-7,10,13H,8-9H2,1H3,(H,18,19). The highest BCUT2D eigenvalue weighted by Crippen LogP contribution is 2.36. The van der Waals surface area contributed by atoms with Crippen molar-refractivity contribution in [2.24, 2.45) is 0 Å². The van der Waals surface area contributed by atoms with Crippen LogP contribution in [0.15, 0.2) is 42.5 Å². The SMILES string of the molecule is Cc1ccc2sc(NC3CCOc4ccccc43)nc2c1. The van der Waals surface area contributed by atoms with Crippen molar-refractivity contribution in [3.05, 3.63) is 53.6 Å². The van der Waals surface area contributed by atoms with Crippen molar-refractivity contribution < 1.29 is 4.74 Å². The molecule has 1 aromatic heterocycles. The van der Waals surface area contributed by atoms with Gasteiger partial charge in [0, 0.05) is 12.0 Å². The minimum absolute atomic E-state index is 0.275. The van der Waals surface area contributed by atoms with Gasteiger partial charge in [-0.05, 0) is 30.7 Å². The van der Waals surface area contributed by atoms with Crippen molar-refractivity contribution in [2.45, 2.75) is 19.4 Å². The number of benzene rings is 2. The molecular formula is C17H16N2OS. The van der Waals surface area contributed by atoms with Gasteiger partial charge in [0.15, 0.2) is 5.13 Å². The lowest BCUT2D eigenvalue weighted by molar-refractivity contribution is 0.274. The smallest absolute Gasteiger partial charge is 0.184 e. The van der Waals surface area contributed by atoms with Crippen LogP contribution in [-0.4, -0.2) is 11.6 Å². The summed E-state index contributed by atoms with van der Waals surface area (Å²) in [6.45, 7) is 2.85. The topological polar surface area (TPSA) is 34.1 Å². The molecule has 2 aromatic carbocycles. The molecule has 0 saturated carbocycles. The number of ether oxygens (including phenoxy) is 1. The van der Waals surface area contributed by atoms with E-state index in [2.05, 4.69) is 42.6 Å². The van der Waals surface area contributed by atoms with Gasteiger partial charge in [-0.3, -0.25) is 0 Å². The van der Waals surface area contributed by atoms with Crippen LogP contribution in [0, 0.1) is 6.92 Å². The Hall–Kier alpha value is -2.07. The van der Waals surface area contributed by atoms with Crippen molar-refractivity contribution >= 4 is 26.7 Å². The van der Waals surface area contributed by atoms with Crippen molar-refractivity contribution in [3.8, 4) is 5.75 Å². The minimum atomic E-state index is 0.275. The summed E-state index contributed by atoms with van der Waals surface area (Å²) in [7, 11) is 0. The molecule has 0 saturated heterocycles. The Morgan fingerprint density at radius 2 is 2.14 bits per heavy atom.